The van der Waals surface area contributed by atoms with E-state index in [1.807, 2.05) is 6.92 Å². The molecule has 0 saturated carbocycles. The highest BCUT2D eigenvalue weighted by Gasteiger charge is 2.16. The molecule has 1 amide bonds. The Bertz CT molecular complexity index is 749. The van der Waals surface area contributed by atoms with Gasteiger partial charge < -0.3 is 14.8 Å². The average molecular weight is 352 g/mol. The molecule has 6 heteroatoms. The molecule has 0 fully saturated rings. The predicted molar refractivity (Wildman–Crippen MR) is 92.9 cm³/mol. The number of benzene rings is 2. The molecule has 0 heterocycles. The van der Waals surface area contributed by atoms with Crippen molar-refractivity contribution in [1.29, 1.82) is 0 Å². The number of aryl methyl sites for hydroxylation is 1. The van der Waals surface area contributed by atoms with Crippen LogP contribution in [0.5, 0.6) is 11.5 Å². The summed E-state index contributed by atoms with van der Waals surface area (Å²) < 4.78 is 24.0. The largest absolute Gasteiger partial charge is 0.493 e. The fraction of sp³-hybridized carbons (Fsp3) is 0.278. The van der Waals surface area contributed by atoms with Crippen LogP contribution >= 0.6 is 11.6 Å². The highest BCUT2D eigenvalue weighted by Crippen LogP contribution is 2.36. The third-order valence-corrected chi connectivity index (χ3v) is 3.66. The summed E-state index contributed by atoms with van der Waals surface area (Å²) in [6.07, 6.45) is 0.825. The van der Waals surface area contributed by atoms with Crippen LogP contribution in [0.3, 0.4) is 0 Å². The second kappa shape index (κ2) is 8.02. The molecular weight excluding hydrogens is 333 g/mol. The summed E-state index contributed by atoms with van der Waals surface area (Å²) in [6, 6.07) is 7.23. The van der Waals surface area contributed by atoms with Gasteiger partial charge in [0.05, 0.1) is 18.7 Å². The van der Waals surface area contributed by atoms with Gasteiger partial charge in [-0.15, -0.1) is 0 Å². The van der Waals surface area contributed by atoms with Crippen molar-refractivity contribution >= 4 is 23.2 Å². The quantitative estimate of drug-likeness (QED) is 0.810. The Balaban J connectivity index is 2.27. The molecule has 4 nitrogen and oxygen atoms in total. The number of methoxy groups -OCH3 is 1. The zero-order chi connectivity index (χ0) is 17.7. The third kappa shape index (κ3) is 4.17. The van der Waals surface area contributed by atoms with Gasteiger partial charge in [0, 0.05) is 11.3 Å². The Kier molecular flexibility index (Phi) is 6.04. The molecule has 0 atom stereocenters. The van der Waals surface area contributed by atoms with Crippen molar-refractivity contribution in [1.82, 2.24) is 0 Å². The maximum atomic E-state index is 13.1. The first kappa shape index (κ1) is 18.1. The minimum Gasteiger partial charge on any atom is -0.493 e. The monoisotopic (exact) mass is 351 g/mol. The van der Waals surface area contributed by atoms with Crippen LogP contribution in [-0.2, 0) is 0 Å². The summed E-state index contributed by atoms with van der Waals surface area (Å²) in [7, 11) is 1.48. The Labute approximate surface area is 145 Å². The summed E-state index contributed by atoms with van der Waals surface area (Å²) in [4.78, 5) is 12.4. The van der Waals surface area contributed by atoms with E-state index in [-0.39, 0.29) is 11.7 Å². The Morgan fingerprint density at radius 2 is 2.04 bits per heavy atom. The van der Waals surface area contributed by atoms with E-state index in [2.05, 4.69) is 5.32 Å². The third-order valence-electron chi connectivity index (χ3n) is 3.38. The average Bonchev–Trinajstić information content (AvgIpc) is 2.55. The lowest BCUT2D eigenvalue weighted by molar-refractivity contribution is 0.102. The van der Waals surface area contributed by atoms with E-state index < -0.39 is 0 Å². The number of amides is 1. The number of hydrogen-bond acceptors (Lipinski definition) is 3. The molecule has 2 rings (SSSR count). The van der Waals surface area contributed by atoms with Crippen LogP contribution < -0.4 is 14.8 Å². The molecule has 0 radical (unpaired) electrons. The molecule has 1 N–H and O–H groups in total. The van der Waals surface area contributed by atoms with Crippen molar-refractivity contribution in [2.24, 2.45) is 0 Å². The molecule has 0 unspecified atom stereocenters. The number of anilines is 1. The predicted octanol–water partition coefficient (Wildman–Crippen LogP) is 4.84. The van der Waals surface area contributed by atoms with Gasteiger partial charge in [-0.2, -0.15) is 0 Å². The SMILES string of the molecule is CCCOc1c(Cl)cc(C(=O)Nc2ccc(F)cc2C)cc1OC. The summed E-state index contributed by atoms with van der Waals surface area (Å²) in [6.45, 7) is 4.19. The van der Waals surface area contributed by atoms with E-state index in [0.717, 1.165) is 6.42 Å². The summed E-state index contributed by atoms with van der Waals surface area (Å²) in [5.74, 6) is 0.0760. The molecule has 0 aromatic heterocycles. The van der Waals surface area contributed by atoms with Gasteiger partial charge in [-0.25, -0.2) is 4.39 Å². The van der Waals surface area contributed by atoms with Gasteiger partial charge in [-0.05, 0) is 49.2 Å². The Hall–Kier alpha value is -2.27. The minimum atomic E-state index is -0.369. The highest BCUT2D eigenvalue weighted by molar-refractivity contribution is 6.32. The number of carbonyl (C=O) groups is 1. The zero-order valence-electron chi connectivity index (χ0n) is 13.8. The lowest BCUT2D eigenvalue weighted by Gasteiger charge is -2.14. The first-order chi connectivity index (χ1) is 11.5. The second-order valence-corrected chi connectivity index (χ2v) is 5.66. The van der Waals surface area contributed by atoms with Crippen LogP contribution in [0.15, 0.2) is 30.3 Å². The van der Waals surface area contributed by atoms with Crippen molar-refractivity contribution < 1.29 is 18.7 Å². The van der Waals surface area contributed by atoms with Gasteiger partial charge in [0.25, 0.3) is 5.91 Å². The van der Waals surface area contributed by atoms with E-state index in [4.69, 9.17) is 21.1 Å². The lowest BCUT2D eigenvalue weighted by Crippen LogP contribution is -2.13. The topological polar surface area (TPSA) is 47.6 Å². The number of nitrogens with one attached hydrogen (secondary N) is 1. The van der Waals surface area contributed by atoms with Crippen LogP contribution in [-0.4, -0.2) is 19.6 Å². The highest BCUT2D eigenvalue weighted by atomic mass is 35.5. The molecule has 0 aliphatic rings. The Morgan fingerprint density at radius 1 is 1.29 bits per heavy atom. The number of halogens is 2. The fourth-order valence-corrected chi connectivity index (χ4v) is 2.42. The standard InChI is InChI=1S/C18H19ClFNO3/c1-4-7-24-17-14(19)9-12(10-16(17)23-3)18(22)21-15-6-5-13(20)8-11(15)2/h5-6,8-10H,4,7H2,1-3H3,(H,21,22). The summed E-state index contributed by atoms with van der Waals surface area (Å²) in [5, 5.41) is 3.03. The van der Waals surface area contributed by atoms with Gasteiger partial charge in [0.1, 0.15) is 5.82 Å². The maximum absolute atomic E-state index is 13.1. The number of ether oxygens (including phenoxy) is 2. The van der Waals surface area contributed by atoms with Gasteiger partial charge >= 0.3 is 0 Å². The van der Waals surface area contributed by atoms with Gasteiger partial charge in [0.2, 0.25) is 0 Å². The number of rotatable bonds is 6. The summed E-state index contributed by atoms with van der Waals surface area (Å²) >= 11 is 6.21. The smallest absolute Gasteiger partial charge is 0.255 e. The number of carbonyl (C=O) groups excluding carboxylic acids is 1. The molecule has 0 aliphatic carbocycles. The van der Waals surface area contributed by atoms with E-state index in [1.54, 1.807) is 13.0 Å². The molecule has 0 bridgehead atoms. The van der Waals surface area contributed by atoms with Crippen molar-refractivity contribution in [3.8, 4) is 11.5 Å². The minimum absolute atomic E-state index is 0.295. The van der Waals surface area contributed by atoms with Gasteiger partial charge in [-0.3, -0.25) is 4.79 Å². The molecule has 2 aromatic rings. The van der Waals surface area contributed by atoms with Crippen LogP contribution in [0.2, 0.25) is 5.02 Å². The zero-order valence-corrected chi connectivity index (χ0v) is 14.5. The van der Waals surface area contributed by atoms with Crippen LogP contribution in [0.4, 0.5) is 10.1 Å². The maximum Gasteiger partial charge on any atom is 0.255 e. The molecule has 0 spiro atoms. The Morgan fingerprint density at radius 3 is 2.67 bits per heavy atom. The molecule has 2 aromatic carbocycles. The van der Waals surface area contributed by atoms with Crippen LogP contribution in [0, 0.1) is 12.7 Å². The van der Waals surface area contributed by atoms with E-state index >= 15 is 0 Å². The lowest BCUT2D eigenvalue weighted by atomic mass is 10.1. The van der Waals surface area contributed by atoms with Crippen molar-refractivity contribution in [3.63, 3.8) is 0 Å². The van der Waals surface area contributed by atoms with Crippen molar-refractivity contribution in [2.75, 3.05) is 19.0 Å². The molecule has 0 saturated heterocycles. The fourth-order valence-electron chi connectivity index (χ4n) is 2.16. The summed E-state index contributed by atoms with van der Waals surface area (Å²) in [5.41, 5.74) is 1.48. The number of hydrogen-bond donors (Lipinski definition) is 1. The van der Waals surface area contributed by atoms with E-state index in [9.17, 15) is 9.18 Å². The first-order valence-electron chi connectivity index (χ1n) is 7.54. The second-order valence-electron chi connectivity index (χ2n) is 5.25. The van der Waals surface area contributed by atoms with Crippen molar-refractivity contribution in [2.45, 2.75) is 20.3 Å². The van der Waals surface area contributed by atoms with Gasteiger partial charge in [0.15, 0.2) is 11.5 Å². The molecule has 0 aliphatic heterocycles. The molecule has 24 heavy (non-hydrogen) atoms. The molecule has 128 valence electrons. The van der Waals surface area contributed by atoms with E-state index in [1.165, 1.54) is 31.4 Å². The molecular formula is C18H19ClFNO3. The van der Waals surface area contributed by atoms with Crippen LogP contribution in [0.1, 0.15) is 29.3 Å². The van der Waals surface area contributed by atoms with E-state index in [0.29, 0.717) is 39.9 Å². The van der Waals surface area contributed by atoms with Gasteiger partial charge in [-0.1, -0.05) is 18.5 Å². The van der Waals surface area contributed by atoms with Crippen molar-refractivity contribution in [3.05, 3.63) is 52.3 Å². The van der Waals surface area contributed by atoms with Crippen LogP contribution in [0.25, 0.3) is 0 Å². The normalized spacial score (nSPS) is 10.4. The first-order valence-corrected chi connectivity index (χ1v) is 7.92.